The van der Waals surface area contributed by atoms with Gasteiger partial charge in [0, 0.05) is 11.8 Å². The van der Waals surface area contributed by atoms with Crippen LogP contribution in [0.15, 0.2) is 47.3 Å². The van der Waals surface area contributed by atoms with Gasteiger partial charge in [0.15, 0.2) is 5.82 Å². The van der Waals surface area contributed by atoms with Crippen molar-refractivity contribution in [2.24, 2.45) is 0 Å². The number of nitrogens with zero attached hydrogens (tertiary/aromatic N) is 3. The number of benzene rings is 1. The predicted molar refractivity (Wildman–Crippen MR) is 108 cm³/mol. The lowest BCUT2D eigenvalue weighted by Crippen LogP contribution is -2.34. The summed E-state index contributed by atoms with van der Waals surface area (Å²) in [5.41, 5.74) is 0.406. The Kier molecular flexibility index (Phi) is 6.36. The van der Waals surface area contributed by atoms with Crippen molar-refractivity contribution in [1.82, 2.24) is 14.9 Å². The molecule has 1 aromatic carbocycles. The van der Waals surface area contributed by atoms with E-state index in [0.29, 0.717) is 5.69 Å². The summed E-state index contributed by atoms with van der Waals surface area (Å²) in [6.45, 7) is -0.458. The van der Waals surface area contributed by atoms with Crippen LogP contribution >= 0.6 is 0 Å². The van der Waals surface area contributed by atoms with E-state index in [0.717, 1.165) is 17.3 Å². The normalized spacial score (nSPS) is 13.8. The zero-order valence-corrected chi connectivity index (χ0v) is 17.3. The SMILES string of the molecule is COc1ncnc(NS(=O)(=O)c2ccc(NC3=CC(=O)N(CCO)C3=O)cc2)c1OC. The molecule has 3 N–H and O–H groups in total. The zero-order valence-electron chi connectivity index (χ0n) is 16.5. The van der Waals surface area contributed by atoms with Gasteiger partial charge >= 0.3 is 0 Å². The molecule has 0 spiro atoms. The molecule has 0 fully saturated rings. The van der Waals surface area contributed by atoms with E-state index in [1.165, 1.54) is 38.5 Å². The first-order chi connectivity index (χ1) is 14.8. The highest BCUT2D eigenvalue weighted by atomic mass is 32.2. The number of carbonyl (C=O) groups excluding carboxylic acids is 2. The molecule has 2 heterocycles. The number of sulfonamides is 1. The average molecular weight is 449 g/mol. The maximum atomic E-state index is 12.7. The average Bonchev–Trinajstić information content (AvgIpc) is 3.01. The van der Waals surface area contributed by atoms with Gasteiger partial charge in [-0.3, -0.25) is 19.2 Å². The number of aliphatic hydroxyl groups is 1. The van der Waals surface area contributed by atoms with Crippen molar-refractivity contribution in [2.75, 3.05) is 37.4 Å². The van der Waals surface area contributed by atoms with E-state index in [-0.39, 0.29) is 41.2 Å². The molecule has 1 aliphatic heterocycles. The number of aliphatic hydroxyl groups excluding tert-OH is 1. The molecule has 0 saturated carbocycles. The Hall–Kier alpha value is -3.71. The number of imide groups is 1. The minimum Gasteiger partial charge on any atom is -0.489 e. The molecule has 0 atom stereocenters. The van der Waals surface area contributed by atoms with Crippen molar-refractivity contribution < 1.29 is 32.6 Å². The van der Waals surface area contributed by atoms with Crippen LogP contribution in [0, 0.1) is 0 Å². The Labute approximate surface area is 177 Å². The fourth-order valence-electron chi connectivity index (χ4n) is 2.73. The van der Waals surface area contributed by atoms with Gasteiger partial charge in [-0.25, -0.2) is 13.4 Å². The molecular weight excluding hydrogens is 430 g/mol. The van der Waals surface area contributed by atoms with Crippen LogP contribution in [-0.2, 0) is 19.6 Å². The maximum Gasteiger partial charge on any atom is 0.277 e. The summed E-state index contributed by atoms with van der Waals surface area (Å²) in [6.07, 6.45) is 2.24. The maximum absolute atomic E-state index is 12.7. The lowest BCUT2D eigenvalue weighted by molar-refractivity contribution is -0.137. The monoisotopic (exact) mass is 449 g/mol. The Bertz CT molecular complexity index is 1130. The molecular formula is C18H19N5O7S. The van der Waals surface area contributed by atoms with Crippen LogP contribution in [0.2, 0.25) is 0 Å². The van der Waals surface area contributed by atoms with Crippen LogP contribution < -0.4 is 19.5 Å². The number of amides is 2. The van der Waals surface area contributed by atoms with E-state index in [2.05, 4.69) is 20.0 Å². The molecule has 164 valence electrons. The van der Waals surface area contributed by atoms with Crippen molar-refractivity contribution in [3.63, 3.8) is 0 Å². The van der Waals surface area contributed by atoms with Crippen LogP contribution in [0.4, 0.5) is 11.5 Å². The molecule has 0 bridgehead atoms. The number of hydrogen-bond donors (Lipinski definition) is 3. The third kappa shape index (κ3) is 4.57. The van der Waals surface area contributed by atoms with Crippen LogP contribution in [-0.4, -0.2) is 67.6 Å². The van der Waals surface area contributed by atoms with E-state index in [4.69, 9.17) is 14.6 Å². The van der Waals surface area contributed by atoms with E-state index >= 15 is 0 Å². The summed E-state index contributed by atoms with van der Waals surface area (Å²) in [4.78, 5) is 32.5. The molecule has 3 rings (SSSR count). The first kappa shape index (κ1) is 22.0. The predicted octanol–water partition coefficient (Wildman–Crippen LogP) is -0.0485. The number of anilines is 2. The van der Waals surface area contributed by atoms with Gasteiger partial charge in [-0.1, -0.05) is 0 Å². The number of aromatic nitrogens is 2. The highest BCUT2D eigenvalue weighted by Crippen LogP contribution is 2.32. The molecule has 31 heavy (non-hydrogen) atoms. The largest absolute Gasteiger partial charge is 0.489 e. The fraction of sp³-hybridized carbons (Fsp3) is 0.222. The van der Waals surface area contributed by atoms with Gasteiger partial charge in [0.2, 0.25) is 5.75 Å². The van der Waals surface area contributed by atoms with E-state index < -0.39 is 21.8 Å². The van der Waals surface area contributed by atoms with E-state index in [1.54, 1.807) is 0 Å². The molecule has 13 heteroatoms. The summed E-state index contributed by atoms with van der Waals surface area (Å²) >= 11 is 0. The molecule has 0 unspecified atom stereocenters. The van der Waals surface area contributed by atoms with Crippen molar-refractivity contribution in [1.29, 1.82) is 0 Å². The lowest BCUT2D eigenvalue weighted by atomic mass is 10.3. The molecule has 0 aliphatic carbocycles. The molecule has 12 nitrogen and oxygen atoms in total. The standard InChI is InChI=1S/C18H19N5O7S/c1-29-15-16(19-10-20-17(15)30-2)22-31(27,28)12-5-3-11(4-6-12)21-13-9-14(25)23(7-8-24)18(13)26/h3-6,9-10,21,24H,7-8H2,1-2H3,(H,19,20,22). The Morgan fingerprint density at radius 2 is 1.81 bits per heavy atom. The summed E-state index contributed by atoms with van der Waals surface area (Å²) < 4.78 is 37.9. The number of nitrogens with one attached hydrogen (secondary N) is 2. The Morgan fingerprint density at radius 3 is 2.42 bits per heavy atom. The summed E-state index contributed by atoms with van der Waals surface area (Å²) in [5.74, 6) is -1.13. The van der Waals surface area contributed by atoms with Gasteiger partial charge in [-0.2, -0.15) is 4.98 Å². The quantitative estimate of drug-likeness (QED) is 0.443. The second kappa shape index (κ2) is 8.97. The molecule has 2 amide bonds. The summed E-state index contributed by atoms with van der Waals surface area (Å²) in [7, 11) is -1.34. The van der Waals surface area contributed by atoms with Crippen molar-refractivity contribution in [3.05, 3.63) is 42.4 Å². The van der Waals surface area contributed by atoms with Gasteiger partial charge in [0.1, 0.15) is 12.0 Å². The molecule has 0 radical (unpaired) electrons. The van der Waals surface area contributed by atoms with Crippen molar-refractivity contribution in [2.45, 2.75) is 4.90 Å². The second-order valence-electron chi connectivity index (χ2n) is 6.10. The van der Waals surface area contributed by atoms with Crippen molar-refractivity contribution in [3.8, 4) is 11.6 Å². The van der Waals surface area contributed by atoms with Crippen molar-refractivity contribution >= 4 is 33.3 Å². The van der Waals surface area contributed by atoms with Gasteiger partial charge in [0.25, 0.3) is 27.7 Å². The number of rotatable bonds is 9. The molecule has 0 saturated heterocycles. The van der Waals surface area contributed by atoms with E-state index in [9.17, 15) is 18.0 Å². The topological polar surface area (TPSA) is 160 Å². The minimum absolute atomic E-state index is 0.0185. The third-order valence-electron chi connectivity index (χ3n) is 4.18. The van der Waals surface area contributed by atoms with Gasteiger partial charge in [0.05, 0.1) is 32.3 Å². The summed E-state index contributed by atoms with van der Waals surface area (Å²) in [6, 6.07) is 5.48. The second-order valence-corrected chi connectivity index (χ2v) is 7.78. The number of carbonyl (C=O) groups is 2. The number of β-amino-alcohol motifs (C(OH)–C–C–N with tert-alkyl or cyclic N) is 1. The third-order valence-corrected chi connectivity index (χ3v) is 5.53. The first-order valence-corrected chi connectivity index (χ1v) is 10.3. The highest BCUT2D eigenvalue weighted by Gasteiger charge is 2.30. The molecule has 1 aliphatic rings. The van der Waals surface area contributed by atoms with Gasteiger partial charge in [-0.05, 0) is 24.3 Å². The van der Waals surface area contributed by atoms with Gasteiger partial charge in [-0.15, -0.1) is 0 Å². The molecule has 1 aromatic heterocycles. The van der Waals surface area contributed by atoms with Crippen LogP contribution in [0.3, 0.4) is 0 Å². The summed E-state index contributed by atoms with van der Waals surface area (Å²) in [5, 5.41) is 11.7. The van der Waals surface area contributed by atoms with Crippen LogP contribution in [0.1, 0.15) is 0 Å². The Morgan fingerprint density at radius 1 is 1.10 bits per heavy atom. The number of methoxy groups -OCH3 is 2. The Balaban J connectivity index is 1.76. The number of ether oxygens (including phenoxy) is 2. The van der Waals surface area contributed by atoms with Crippen LogP contribution in [0.25, 0.3) is 0 Å². The lowest BCUT2D eigenvalue weighted by Gasteiger charge is -2.14. The van der Waals surface area contributed by atoms with Gasteiger partial charge < -0.3 is 19.9 Å². The zero-order chi connectivity index (χ0) is 22.6. The smallest absolute Gasteiger partial charge is 0.277 e. The molecule has 2 aromatic rings. The first-order valence-electron chi connectivity index (χ1n) is 8.82. The van der Waals surface area contributed by atoms with Crippen LogP contribution in [0.5, 0.6) is 11.6 Å². The fourth-order valence-corrected chi connectivity index (χ4v) is 3.74. The highest BCUT2D eigenvalue weighted by molar-refractivity contribution is 7.92. The van der Waals surface area contributed by atoms with E-state index in [1.807, 2.05) is 0 Å². The number of hydrogen-bond acceptors (Lipinski definition) is 10. The minimum atomic E-state index is -4.03.